The van der Waals surface area contributed by atoms with Crippen LogP contribution in [-0.2, 0) is 21.1 Å². The Balaban J connectivity index is 1.66. The van der Waals surface area contributed by atoms with E-state index in [1.807, 2.05) is 0 Å². The van der Waals surface area contributed by atoms with E-state index in [4.69, 9.17) is 11.6 Å². The molecule has 2 aromatic rings. The van der Waals surface area contributed by atoms with Crippen molar-refractivity contribution in [2.24, 2.45) is 4.99 Å². The lowest BCUT2D eigenvalue weighted by molar-refractivity contribution is -0.117. The van der Waals surface area contributed by atoms with Gasteiger partial charge in [0.1, 0.15) is 11.6 Å². The Labute approximate surface area is 175 Å². The monoisotopic (exact) mass is 456 g/mol. The summed E-state index contributed by atoms with van der Waals surface area (Å²) in [4.78, 5) is 18.0. The number of hydrogen-bond donors (Lipinski definition) is 0. The Morgan fingerprint density at radius 2 is 1.90 bits per heavy atom. The fourth-order valence-corrected chi connectivity index (χ4v) is 7.50. The number of anilines is 1. The topological polar surface area (TPSA) is 66.8 Å². The van der Waals surface area contributed by atoms with Gasteiger partial charge < -0.3 is 4.90 Å². The minimum atomic E-state index is -3.28. The molecule has 2 saturated heterocycles. The van der Waals surface area contributed by atoms with Crippen molar-refractivity contribution in [3.8, 4) is 0 Å². The summed E-state index contributed by atoms with van der Waals surface area (Å²) < 4.78 is 51.9. The summed E-state index contributed by atoms with van der Waals surface area (Å²) in [5.74, 6) is -2.29. The second kappa shape index (κ2) is 7.70. The zero-order valence-corrected chi connectivity index (χ0v) is 17.3. The molecule has 0 aliphatic carbocycles. The normalized spacial score (nSPS) is 24.1. The van der Waals surface area contributed by atoms with E-state index >= 15 is 0 Å². The van der Waals surface area contributed by atoms with Gasteiger partial charge in [-0.1, -0.05) is 35.5 Å². The van der Waals surface area contributed by atoms with E-state index in [1.54, 1.807) is 24.3 Å². The fraction of sp³-hybridized carbons (Fsp3) is 0.263. The number of benzene rings is 2. The molecule has 4 rings (SSSR count). The van der Waals surface area contributed by atoms with Crippen molar-refractivity contribution in [1.29, 1.82) is 0 Å². The smallest absolute Gasteiger partial charge is 0.252 e. The maximum atomic E-state index is 14.5. The van der Waals surface area contributed by atoms with Gasteiger partial charge in [-0.2, -0.15) is 4.99 Å². The number of aliphatic imine (C=N–C) groups is 1. The number of hydrogen-bond acceptors (Lipinski definition) is 4. The molecule has 5 nitrogen and oxygen atoms in total. The lowest BCUT2D eigenvalue weighted by atomic mass is 10.1. The first kappa shape index (κ1) is 20.3. The summed E-state index contributed by atoms with van der Waals surface area (Å²) in [6, 6.07) is 9.23. The number of nitrogens with zero attached hydrogens (tertiary/aromatic N) is 2. The highest BCUT2D eigenvalue weighted by Crippen LogP contribution is 2.41. The highest BCUT2D eigenvalue weighted by Gasteiger charge is 2.50. The van der Waals surface area contributed by atoms with E-state index in [0.717, 1.165) is 23.9 Å². The van der Waals surface area contributed by atoms with Gasteiger partial charge in [-0.05, 0) is 29.8 Å². The molecule has 152 valence electrons. The molecule has 0 radical (unpaired) electrons. The molecule has 0 spiro atoms. The van der Waals surface area contributed by atoms with Gasteiger partial charge in [0, 0.05) is 16.3 Å². The van der Waals surface area contributed by atoms with Crippen LogP contribution >= 0.6 is 23.4 Å². The van der Waals surface area contributed by atoms with Gasteiger partial charge in [0.2, 0.25) is 0 Å². The summed E-state index contributed by atoms with van der Waals surface area (Å²) >= 11 is 6.98. The molecule has 0 saturated carbocycles. The van der Waals surface area contributed by atoms with Crippen LogP contribution in [0.15, 0.2) is 47.5 Å². The largest absolute Gasteiger partial charge is 0.313 e. The van der Waals surface area contributed by atoms with E-state index in [0.29, 0.717) is 10.6 Å². The first-order chi connectivity index (χ1) is 13.7. The van der Waals surface area contributed by atoms with Gasteiger partial charge in [-0.3, -0.25) is 4.79 Å². The number of amides is 1. The van der Waals surface area contributed by atoms with Crippen LogP contribution < -0.4 is 4.90 Å². The molecule has 1 amide bonds. The second-order valence-corrected chi connectivity index (χ2v) is 10.7. The minimum absolute atomic E-state index is 0.00143. The third kappa shape index (κ3) is 4.31. The Morgan fingerprint density at radius 3 is 2.59 bits per heavy atom. The highest BCUT2D eigenvalue weighted by molar-refractivity contribution is 8.16. The predicted octanol–water partition coefficient (Wildman–Crippen LogP) is 3.46. The lowest BCUT2D eigenvalue weighted by Crippen LogP contribution is -2.38. The van der Waals surface area contributed by atoms with Crippen LogP contribution in [-0.4, -0.2) is 42.3 Å². The number of thioether (sulfide) groups is 1. The van der Waals surface area contributed by atoms with Crippen molar-refractivity contribution in [2.45, 2.75) is 17.7 Å². The zero-order valence-electron chi connectivity index (χ0n) is 14.9. The molecular formula is C19H15ClF2N2O3S2. The first-order valence-corrected chi connectivity index (χ1v) is 11.8. The molecular weight excluding hydrogens is 442 g/mol. The number of halogens is 3. The average Bonchev–Trinajstić information content (AvgIpc) is 3.08. The third-order valence-corrected chi connectivity index (χ3v) is 8.19. The van der Waals surface area contributed by atoms with Crippen LogP contribution in [0.1, 0.15) is 5.56 Å². The molecule has 2 fully saturated rings. The average molecular weight is 457 g/mol. The molecule has 29 heavy (non-hydrogen) atoms. The Kier molecular flexibility index (Phi) is 5.39. The van der Waals surface area contributed by atoms with Crippen molar-refractivity contribution in [1.82, 2.24) is 0 Å². The Morgan fingerprint density at radius 1 is 1.17 bits per heavy atom. The minimum Gasteiger partial charge on any atom is -0.313 e. The molecule has 2 aliphatic rings. The first-order valence-electron chi connectivity index (χ1n) is 8.69. The Hall–Kier alpha value is -1.97. The molecule has 2 aliphatic heterocycles. The molecule has 2 unspecified atom stereocenters. The van der Waals surface area contributed by atoms with Gasteiger partial charge in [0.15, 0.2) is 15.0 Å². The van der Waals surface area contributed by atoms with E-state index in [-0.39, 0.29) is 34.0 Å². The summed E-state index contributed by atoms with van der Waals surface area (Å²) in [7, 11) is -3.28. The molecule has 2 atom stereocenters. The van der Waals surface area contributed by atoms with Crippen LogP contribution in [0.5, 0.6) is 0 Å². The van der Waals surface area contributed by atoms with Gasteiger partial charge in [0.05, 0.1) is 29.7 Å². The van der Waals surface area contributed by atoms with E-state index in [1.165, 1.54) is 11.0 Å². The van der Waals surface area contributed by atoms with Crippen molar-refractivity contribution < 1.29 is 22.0 Å². The van der Waals surface area contributed by atoms with Gasteiger partial charge >= 0.3 is 0 Å². The molecule has 2 aromatic carbocycles. The number of carbonyl (C=O) groups excluding carboxylic acids is 1. The molecule has 0 N–H and O–H groups in total. The van der Waals surface area contributed by atoms with Crippen LogP contribution in [0, 0.1) is 11.6 Å². The van der Waals surface area contributed by atoms with Crippen molar-refractivity contribution in [3.63, 3.8) is 0 Å². The summed E-state index contributed by atoms with van der Waals surface area (Å²) in [6.45, 7) is 0. The number of amidine groups is 1. The maximum absolute atomic E-state index is 14.5. The maximum Gasteiger partial charge on any atom is 0.252 e. The van der Waals surface area contributed by atoms with Crippen molar-refractivity contribution in [3.05, 3.63) is 64.7 Å². The fourth-order valence-electron chi connectivity index (χ4n) is 3.45. The van der Waals surface area contributed by atoms with Crippen LogP contribution in [0.2, 0.25) is 5.02 Å². The molecule has 0 aromatic heterocycles. The zero-order chi connectivity index (χ0) is 20.8. The van der Waals surface area contributed by atoms with Gasteiger partial charge in [-0.25, -0.2) is 17.2 Å². The molecule has 0 bridgehead atoms. The van der Waals surface area contributed by atoms with Crippen LogP contribution in [0.3, 0.4) is 0 Å². The van der Waals surface area contributed by atoms with Gasteiger partial charge in [-0.15, -0.1) is 0 Å². The van der Waals surface area contributed by atoms with Crippen molar-refractivity contribution in [2.75, 3.05) is 16.4 Å². The van der Waals surface area contributed by atoms with Gasteiger partial charge in [0.25, 0.3) is 5.91 Å². The SMILES string of the molecule is O=C(Cc1ccc(Cl)cc1)N=C1SC2CS(=O)(=O)CC2N1c1ccc(F)cc1F. The number of carbonyl (C=O) groups is 1. The standard InChI is InChI=1S/C19H15ClF2N2O3S2/c20-12-3-1-11(2-4-12)7-18(25)23-19-24(15-6-5-13(21)8-14(15)22)16-9-29(26,27)10-17(16)28-19/h1-6,8,16-17H,7,9-10H2. The predicted molar refractivity (Wildman–Crippen MR) is 110 cm³/mol. The molecule has 2 heterocycles. The summed E-state index contributed by atoms with van der Waals surface area (Å²) in [5, 5.41) is 0.400. The molecule has 10 heteroatoms. The quantitative estimate of drug-likeness (QED) is 0.707. The lowest BCUT2D eigenvalue weighted by Gasteiger charge is -2.24. The van der Waals surface area contributed by atoms with E-state index in [9.17, 15) is 22.0 Å². The Bertz CT molecular complexity index is 1110. The second-order valence-electron chi connectivity index (χ2n) is 6.86. The van der Waals surface area contributed by atoms with Crippen LogP contribution in [0.4, 0.5) is 14.5 Å². The van der Waals surface area contributed by atoms with Crippen LogP contribution in [0.25, 0.3) is 0 Å². The summed E-state index contributed by atoms with van der Waals surface area (Å²) in [6.07, 6.45) is 0.0224. The van der Waals surface area contributed by atoms with E-state index in [2.05, 4.69) is 4.99 Å². The number of fused-ring (bicyclic) bond motifs is 1. The number of sulfone groups is 1. The van der Waals surface area contributed by atoms with E-state index < -0.39 is 33.4 Å². The third-order valence-electron chi connectivity index (χ3n) is 4.72. The summed E-state index contributed by atoms with van der Waals surface area (Å²) in [5.41, 5.74) is 0.718. The highest BCUT2D eigenvalue weighted by atomic mass is 35.5. The number of rotatable bonds is 3. The van der Waals surface area contributed by atoms with Crippen molar-refractivity contribution >= 4 is 50.0 Å².